The average molecular weight is 228 g/mol. The van der Waals surface area contributed by atoms with E-state index in [1.54, 1.807) is 0 Å². The minimum Gasteiger partial charge on any atom is -0.315 e. The molecule has 98 valence electrons. The number of rotatable bonds is 9. The maximum Gasteiger partial charge on any atom is 0.0194 e. The fraction of sp³-hybridized carbons (Fsp3) is 1.00. The van der Waals surface area contributed by atoms with Crippen LogP contribution in [0, 0.1) is 0 Å². The summed E-state index contributed by atoms with van der Waals surface area (Å²) in [7, 11) is 2.24. The molecule has 0 rings (SSSR count). The van der Waals surface area contributed by atoms with Crippen LogP contribution in [0.15, 0.2) is 0 Å². The summed E-state index contributed by atoms with van der Waals surface area (Å²) in [6.45, 7) is 13.7. The SMILES string of the molecule is CCCCCNCC(C)N(C)C(C)(C)CC. The molecule has 0 bridgehead atoms. The molecular weight excluding hydrogens is 196 g/mol. The second-order valence-corrected chi connectivity index (χ2v) is 5.54. The largest absolute Gasteiger partial charge is 0.315 e. The molecule has 0 fully saturated rings. The van der Waals surface area contributed by atoms with Gasteiger partial charge in [0.2, 0.25) is 0 Å². The third-order valence-electron chi connectivity index (χ3n) is 3.88. The summed E-state index contributed by atoms with van der Waals surface area (Å²) < 4.78 is 0. The fourth-order valence-corrected chi connectivity index (χ4v) is 1.79. The van der Waals surface area contributed by atoms with E-state index in [1.165, 1.54) is 32.2 Å². The van der Waals surface area contributed by atoms with Gasteiger partial charge in [-0.1, -0.05) is 26.7 Å². The Bertz CT molecular complexity index is 166. The van der Waals surface area contributed by atoms with Crippen molar-refractivity contribution in [2.45, 2.75) is 71.9 Å². The molecule has 16 heavy (non-hydrogen) atoms. The van der Waals surface area contributed by atoms with E-state index in [0.717, 1.165) is 6.54 Å². The highest BCUT2D eigenvalue weighted by Gasteiger charge is 2.24. The van der Waals surface area contributed by atoms with Crippen molar-refractivity contribution in [3.05, 3.63) is 0 Å². The summed E-state index contributed by atoms with van der Waals surface area (Å²) in [5.74, 6) is 0. The van der Waals surface area contributed by atoms with Gasteiger partial charge in [0.1, 0.15) is 0 Å². The van der Waals surface area contributed by atoms with Gasteiger partial charge in [0.25, 0.3) is 0 Å². The Labute approximate surface area is 103 Å². The lowest BCUT2D eigenvalue weighted by Crippen LogP contribution is -2.49. The summed E-state index contributed by atoms with van der Waals surface area (Å²) in [5, 5.41) is 3.56. The Kier molecular flexibility index (Phi) is 8.04. The van der Waals surface area contributed by atoms with Crippen LogP contribution < -0.4 is 5.32 Å². The number of hydrogen-bond acceptors (Lipinski definition) is 2. The van der Waals surface area contributed by atoms with Gasteiger partial charge in [-0.3, -0.25) is 4.90 Å². The molecule has 1 N–H and O–H groups in total. The molecule has 0 heterocycles. The molecule has 0 amide bonds. The van der Waals surface area contributed by atoms with E-state index in [1.807, 2.05) is 0 Å². The van der Waals surface area contributed by atoms with E-state index < -0.39 is 0 Å². The van der Waals surface area contributed by atoms with Crippen molar-refractivity contribution in [1.29, 1.82) is 0 Å². The Morgan fingerprint density at radius 3 is 2.31 bits per heavy atom. The van der Waals surface area contributed by atoms with Crippen molar-refractivity contribution in [3.63, 3.8) is 0 Å². The maximum absolute atomic E-state index is 3.56. The maximum atomic E-state index is 3.56. The molecule has 1 unspecified atom stereocenters. The topological polar surface area (TPSA) is 15.3 Å². The van der Waals surface area contributed by atoms with Crippen molar-refractivity contribution in [1.82, 2.24) is 10.2 Å². The zero-order valence-corrected chi connectivity index (χ0v) is 12.3. The zero-order chi connectivity index (χ0) is 12.6. The average Bonchev–Trinajstić information content (AvgIpc) is 2.27. The first kappa shape index (κ1) is 15.9. The lowest BCUT2D eigenvalue weighted by molar-refractivity contribution is 0.105. The highest BCUT2D eigenvalue weighted by atomic mass is 15.2. The van der Waals surface area contributed by atoms with E-state index in [2.05, 4.69) is 51.9 Å². The first-order chi connectivity index (χ1) is 7.45. The van der Waals surface area contributed by atoms with Crippen molar-refractivity contribution < 1.29 is 0 Å². The summed E-state index contributed by atoms with van der Waals surface area (Å²) in [6, 6.07) is 0.608. The molecule has 0 aromatic rings. The number of nitrogens with zero attached hydrogens (tertiary/aromatic N) is 1. The highest BCUT2D eigenvalue weighted by Crippen LogP contribution is 2.18. The zero-order valence-electron chi connectivity index (χ0n) is 12.3. The fourth-order valence-electron chi connectivity index (χ4n) is 1.79. The van der Waals surface area contributed by atoms with Crippen LogP contribution in [-0.2, 0) is 0 Å². The van der Waals surface area contributed by atoms with Crippen molar-refractivity contribution in [2.24, 2.45) is 0 Å². The number of likely N-dealkylation sites (N-methyl/N-ethyl adjacent to an activating group) is 1. The second-order valence-electron chi connectivity index (χ2n) is 5.54. The van der Waals surface area contributed by atoms with E-state index in [-0.39, 0.29) is 0 Å². The summed E-state index contributed by atoms with van der Waals surface area (Å²) >= 11 is 0. The van der Waals surface area contributed by atoms with Crippen molar-refractivity contribution in [2.75, 3.05) is 20.1 Å². The predicted molar refractivity (Wildman–Crippen MR) is 74.0 cm³/mol. The van der Waals surface area contributed by atoms with Gasteiger partial charge in [-0.25, -0.2) is 0 Å². The van der Waals surface area contributed by atoms with Gasteiger partial charge in [-0.15, -0.1) is 0 Å². The molecule has 0 saturated carbocycles. The van der Waals surface area contributed by atoms with Crippen LogP contribution in [0.25, 0.3) is 0 Å². The van der Waals surface area contributed by atoms with Gasteiger partial charge >= 0.3 is 0 Å². The molecule has 2 heteroatoms. The van der Waals surface area contributed by atoms with Crippen LogP contribution in [0.4, 0.5) is 0 Å². The van der Waals surface area contributed by atoms with Gasteiger partial charge in [-0.2, -0.15) is 0 Å². The third kappa shape index (κ3) is 5.86. The first-order valence-corrected chi connectivity index (χ1v) is 6.89. The molecule has 0 aliphatic carbocycles. The predicted octanol–water partition coefficient (Wildman–Crippen LogP) is 3.28. The molecule has 0 aliphatic heterocycles. The van der Waals surface area contributed by atoms with Crippen LogP contribution in [-0.4, -0.2) is 36.6 Å². The van der Waals surface area contributed by atoms with Crippen LogP contribution in [0.3, 0.4) is 0 Å². The molecule has 0 spiro atoms. The van der Waals surface area contributed by atoms with Gasteiger partial charge in [-0.05, 0) is 47.2 Å². The summed E-state index contributed by atoms with van der Waals surface area (Å²) in [6.07, 6.45) is 5.16. The van der Waals surface area contributed by atoms with Gasteiger partial charge in [0.05, 0.1) is 0 Å². The number of nitrogens with one attached hydrogen (secondary N) is 1. The minimum atomic E-state index is 0.310. The molecule has 0 saturated heterocycles. The molecule has 1 atom stereocenters. The molecule has 2 nitrogen and oxygen atoms in total. The first-order valence-electron chi connectivity index (χ1n) is 6.89. The smallest absolute Gasteiger partial charge is 0.0194 e. The second kappa shape index (κ2) is 8.08. The van der Waals surface area contributed by atoms with Gasteiger partial charge in [0.15, 0.2) is 0 Å². The quantitative estimate of drug-likeness (QED) is 0.609. The van der Waals surface area contributed by atoms with Gasteiger partial charge < -0.3 is 5.32 Å². The molecule has 0 aromatic heterocycles. The van der Waals surface area contributed by atoms with E-state index in [9.17, 15) is 0 Å². The van der Waals surface area contributed by atoms with E-state index in [0.29, 0.717) is 11.6 Å². The summed E-state index contributed by atoms with van der Waals surface area (Å²) in [4.78, 5) is 2.49. The molecule has 0 radical (unpaired) electrons. The highest BCUT2D eigenvalue weighted by molar-refractivity contribution is 4.82. The Hall–Kier alpha value is -0.0800. The lowest BCUT2D eigenvalue weighted by Gasteiger charge is -2.39. The van der Waals surface area contributed by atoms with Crippen LogP contribution in [0.5, 0.6) is 0 Å². The van der Waals surface area contributed by atoms with Crippen molar-refractivity contribution >= 4 is 0 Å². The van der Waals surface area contributed by atoms with E-state index >= 15 is 0 Å². The van der Waals surface area contributed by atoms with E-state index in [4.69, 9.17) is 0 Å². The standard InChI is InChI=1S/C14H32N2/c1-7-9-10-11-15-12-13(3)16(6)14(4,5)8-2/h13,15H,7-12H2,1-6H3. The monoisotopic (exact) mass is 228 g/mol. The molecular formula is C14H32N2. The Balaban J connectivity index is 3.75. The third-order valence-corrected chi connectivity index (χ3v) is 3.88. The summed E-state index contributed by atoms with van der Waals surface area (Å²) in [5.41, 5.74) is 0.310. The number of unbranched alkanes of at least 4 members (excludes halogenated alkanes) is 2. The minimum absolute atomic E-state index is 0.310. The molecule has 0 aromatic carbocycles. The van der Waals surface area contributed by atoms with Crippen LogP contribution in [0.2, 0.25) is 0 Å². The normalized spacial score (nSPS) is 14.4. The van der Waals surface area contributed by atoms with Crippen LogP contribution in [0.1, 0.15) is 60.3 Å². The Morgan fingerprint density at radius 1 is 1.19 bits per heavy atom. The van der Waals surface area contributed by atoms with Gasteiger partial charge in [0, 0.05) is 18.1 Å². The Morgan fingerprint density at radius 2 is 1.81 bits per heavy atom. The lowest BCUT2D eigenvalue weighted by atomic mass is 9.98. The van der Waals surface area contributed by atoms with Crippen LogP contribution >= 0.6 is 0 Å². The molecule has 0 aliphatic rings. The number of hydrogen-bond donors (Lipinski definition) is 1. The van der Waals surface area contributed by atoms with Crippen molar-refractivity contribution in [3.8, 4) is 0 Å².